The smallest absolute Gasteiger partial charge is 0.408 e. The van der Waals surface area contributed by atoms with Crippen LogP contribution in [0, 0.1) is 5.92 Å². The van der Waals surface area contributed by atoms with Crippen LogP contribution < -0.4 is 10.6 Å². The number of amides is 2. The third kappa shape index (κ3) is 8.77. The zero-order chi connectivity index (χ0) is 25.0. The van der Waals surface area contributed by atoms with E-state index in [0.717, 1.165) is 21.3 Å². The van der Waals surface area contributed by atoms with E-state index < -0.39 is 60.4 Å². The van der Waals surface area contributed by atoms with E-state index in [1.54, 1.807) is 30.3 Å². The number of benzene rings is 1. The quantitative estimate of drug-likeness (QED) is 0.289. The van der Waals surface area contributed by atoms with Crippen LogP contribution in [0.2, 0.25) is 0 Å². The van der Waals surface area contributed by atoms with Crippen molar-refractivity contribution in [3.8, 4) is 0 Å². The highest BCUT2D eigenvalue weighted by atomic mass is 16.6. The van der Waals surface area contributed by atoms with Gasteiger partial charge in [0.25, 0.3) is 0 Å². The normalized spacial score (nSPS) is 14.0. The molecule has 2 amide bonds. The van der Waals surface area contributed by atoms with E-state index >= 15 is 0 Å². The van der Waals surface area contributed by atoms with Gasteiger partial charge in [0, 0.05) is 0 Å². The summed E-state index contributed by atoms with van der Waals surface area (Å²) in [5.41, 5.74) is 0.695. The average Bonchev–Trinajstić information content (AvgIpc) is 2.82. The van der Waals surface area contributed by atoms with Crippen LogP contribution in [0.5, 0.6) is 0 Å². The summed E-state index contributed by atoms with van der Waals surface area (Å²) in [5, 5.41) is 14.4. The van der Waals surface area contributed by atoms with Crippen LogP contribution in [0.25, 0.3) is 0 Å². The summed E-state index contributed by atoms with van der Waals surface area (Å²) >= 11 is 0. The number of carbonyl (C=O) groups is 5. The van der Waals surface area contributed by atoms with Crippen molar-refractivity contribution >= 4 is 29.9 Å². The molecule has 0 fully saturated rings. The lowest BCUT2D eigenvalue weighted by Crippen LogP contribution is -2.58. The minimum atomic E-state index is -1.67. The Labute approximate surface area is 190 Å². The fourth-order valence-corrected chi connectivity index (χ4v) is 2.74. The van der Waals surface area contributed by atoms with Gasteiger partial charge in [0.2, 0.25) is 5.91 Å². The first-order valence-corrected chi connectivity index (χ1v) is 9.82. The first-order chi connectivity index (χ1) is 15.6. The predicted molar refractivity (Wildman–Crippen MR) is 111 cm³/mol. The number of esters is 3. The number of nitrogens with one attached hydrogen (secondary N) is 2. The monoisotopic (exact) mass is 468 g/mol. The minimum absolute atomic E-state index is 0.0881. The maximum Gasteiger partial charge on any atom is 0.408 e. The molecule has 0 bridgehead atoms. The maximum absolute atomic E-state index is 12.8. The third-order valence-electron chi connectivity index (χ3n) is 4.52. The van der Waals surface area contributed by atoms with Crippen LogP contribution in [0.15, 0.2) is 30.3 Å². The molecule has 3 N–H and O–H groups in total. The molecule has 182 valence electrons. The molecular weight excluding hydrogens is 440 g/mol. The number of carbonyl (C=O) groups excluding carboxylic acids is 5. The number of hydrogen-bond donors (Lipinski definition) is 3. The number of hydrogen-bond acceptors (Lipinski definition) is 10. The predicted octanol–water partition coefficient (Wildman–Crippen LogP) is -0.328. The van der Waals surface area contributed by atoms with Gasteiger partial charge in [0.1, 0.15) is 18.7 Å². The molecule has 0 unspecified atom stereocenters. The van der Waals surface area contributed by atoms with Gasteiger partial charge in [-0.15, -0.1) is 0 Å². The Morgan fingerprint density at radius 1 is 0.879 bits per heavy atom. The molecule has 0 heterocycles. The number of ether oxygens (including phenoxy) is 4. The Hall–Kier alpha value is -3.67. The van der Waals surface area contributed by atoms with Crippen LogP contribution in [-0.4, -0.2) is 74.5 Å². The largest absolute Gasteiger partial charge is 0.469 e. The van der Waals surface area contributed by atoms with Gasteiger partial charge in [0.05, 0.1) is 39.8 Å². The molecule has 0 aromatic heterocycles. The molecule has 0 aliphatic carbocycles. The SMILES string of the molecule is COC(=O)C[C@@H](C(=O)OC)[C@H](NC(=O)[C@@H](NC(=O)OCc1ccccc1)[C@@H](C)O)C(=O)OC. The minimum Gasteiger partial charge on any atom is -0.469 e. The van der Waals surface area contributed by atoms with Gasteiger partial charge in [-0.05, 0) is 12.5 Å². The van der Waals surface area contributed by atoms with Crippen molar-refractivity contribution in [2.24, 2.45) is 5.92 Å². The van der Waals surface area contributed by atoms with Crippen LogP contribution in [0.3, 0.4) is 0 Å². The van der Waals surface area contributed by atoms with Crippen LogP contribution in [0.1, 0.15) is 18.9 Å². The maximum atomic E-state index is 12.8. The molecule has 1 aromatic carbocycles. The topological polar surface area (TPSA) is 167 Å². The van der Waals surface area contributed by atoms with E-state index in [2.05, 4.69) is 24.8 Å². The highest BCUT2D eigenvalue weighted by molar-refractivity contribution is 5.93. The summed E-state index contributed by atoms with van der Waals surface area (Å²) in [6.45, 7) is 1.14. The fraction of sp³-hybridized carbons (Fsp3) is 0.476. The molecule has 12 heteroatoms. The lowest BCUT2D eigenvalue weighted by Gasteiger charge is -2.27. The molecule has 1 rings (SSSR count). The summed E-state index contributed by atoms with van der Waals surface area (Å²) in [6.07, 6.45) is -3.02. The number of rotatable bonds is 11. The molecular formula is C21H28N2O10. The zero-order valence-corrected chi connectivity index (χ0v) is 18.7. The van der Waals surface area contributed by atoms with Gasteiger partial charge < -0.3 is 34.7 Å². The molecule has 1 aromatic rings. The molecule has 0 saturated carbocycles. The first-order valence-electron chi connectivity index (χ1n) is 9.82. The van der Waals surface area contributed by atoms with E-state index in [1.165, 1.54) is 6.92 Å². The second-order valence-electron chi connectivity index (χ2n) is 6.84. The number of aliphatic hydroxyl groups is 1. The van der Waals surface area contributed by atoms with E-state index in [1.807, 2.05) is 0 Å². The van der Waals surface area contributed by atoms with Crippen LogP contribution in [0.4, 0.5) is 4.79 Å². The molecule has 12 nitrogen and oxygen atoms in total. The van der Waals surface area contributed by atoms with Crippen molar-refractivity contribution in [2.75, 3.05) is 21.3 Å². The van der Waals surface area contributed by atoms with Crippen molar-refractivity contribution in [2.45, 2.75) is 38.1 Å². The molecule has 0 saturated heterocycles. The molecule has 0 aliphatic heterocycles. The van der Waals surface area contributed by atoms with Crippen molar-refractivity contribution < 1.29 is 48.0 Å². The average molecular weight is 468 g/mol. The highest BCUT2D eigenvalue weighted by Crippen LogP contribution is 2.15. The van der Waals surface area contributed by atoms with E-state index in [-0.39, 0.29) is 6.61 Å². The number of aliphatic hydroxyl groups excluding tert-OH is 1. The van der Waals surface area contributed by atoms with Crippen molar-refractivity contribution in [3.63, 3.8) is 0 Å². The summed E-state index contributed by atoms with van der Waals surface area (Å²) in [6, 6.07) is 5.51. The van der Waals surface area contributed by atoms with Gasteiger partial charge in [-0.25, -0.2) is 9.59 Å². The third-order valence-corrected chi connectivity index (χ3v) is 4.52. The van der Waals surface area contributed by atoms with Gasteiger partial charge >= 0.3 is 24.0 Å². The standard InChI is InChI=1S/C21H28N2O10/c1-12(24)16(23-21(29)33-11-13-8-6-5-7-9-13)18(26)22-17(20(28)32-4)14(19(27)31-3)10-15(25)30-2/h5-9,12,14,16-17,24H,10-11H2,1-4H3,(H,22,26)(H,23,29)/t12-,14-,16+,17+/m1/s1. The lowest BCUT2D eigenvalue weighted by atomic mass is 9.95. The lowest BCUT2D eigenvalue weighted by molar-refractivity contribution is -0.159. The molecule has 0 radical (unpaired) electrons. The number of alkyl carbamates (subject to hydrolysis) is 1. The van der Waals surface area contributed by atoms with Crippen molar-refractivity contribution in [1.82, 2.24) is 10.6 Å². The molecule has 4 atom stereocenters. The van der Waals surface area contributed by atoms with Crippen molar-refractivity contribution in [3.05, 3.63) is 35.9 Å². The van der Waals surface area contributed by atoms with E-state index in [4.69, 9.17) is 4.74 Å². The fourth-order valence-electron chi connectivity index (χ4n) is 2.74. The van der Waals surface area contributed by atoms with Crippen molar-refractivity contribution in [1.29, 1.82) is 0 Å². The Balaban J connectivity index is 2.97. The van der Waals surface area contributed by atoms with Gasteiger partial charge in [-0.2, -0.15) is 0 Å². The summed E-state index contributed by atoms with van der Waals surface area (Å²) in [7, 11) is 3.13. The van der Waals surface area contributed by atoms with E-state index in [0.29, 0.717) is 5.56 Å². The second-order valence-corrected chi connectivity index (χ2v) is 6.84. The summed E-state index contributed by atoms with van der Waals surface area (Å²) < 4.78 is 18.8. The molecule has 0 spiro atoms. The molecule has 0 aliphatic rings. The van der Waals surface area contributed by atoms with Gasteiger partial charge in [0.15, 0.2) is 0 Å². The van der Waals surface area contributed by atoms with Gasteiger partial charge in [-0.3, -0.25) is 14.4 Å². The number of methoxy groups -OCH3 is 3. The Bertz CT molecular complexity index is 828. The zero-order valence-electron chi connectivity index (χ0n) is 18.7. The Kier molecular flexibility index (Phi) is 11.3. The Morgan fingerprint density at radius 3 is 2.00 bits per heavy atom. The summed E-state index contributed by atoms with van der Waals surface area (Å²) in [4.78, 5) is 61.1. The van der Waals surface area contributed by atoms with E-state index in [9.17, 15) is 29.1 Å². The second kappa shape index (κ2) is 13.7. The van der Waals surface area contributed by atoms with Crippen LogP contribution in [-0.2, 0) is 44.7 Å². The highest BCUT2D eigenvalue weighted by Gasteiger charge is 2.40. The first kappa shape index (κ1) is 27.4. The Morgan fingerprint density at radius 2 is 1.48 bits per heavy atom. The molecule has 33 heavy (non-hydrogen) atoms. The summed E-state index contributed by atoms with van der Waals surface area (Å²) in [5.74, 6) is -5.41. The van der Waals surface area contributed by atoms with Gasteiger partial charge in [-0.1, -0.05) is 30.3 Å². The van der Waals surface area contributed by atoms with Crippen LogP contribution >= 0.6 is 0 Å².